The minimum atomic E-state index is -0.496. The predicted molar refractivity (Wildman–Crippen MR) is 160 cm³/mol. The molecule has 6 rings (SSSR count). The van der Waals surface area contributed by atoms with Crippen LogP contribution in [0.15, 0.2) is 48.7 Å². The lowest BCUT2D eigenvalue weighted by molar-refractivity contribution is 0.0204. The number of halogens is 1. The molecule has 0 aliphatic carbocycles. The standard InChI is InChI=1S/C30H35N7O4.ClH/c1-30(2,3)41-29(39)36-12-10-20(11-13-36)22-6-9-25-24(18-22)27(33-31-25)26-19-37(34-32-26)23-7-4-21(5-8-23)28(38)35-14-16-40-17-15-35;/h4-9,18-20H,10-17H2,1-3H3,(H,31,33);1H. The van der Waals surface area contributed by atoms with Crippen molar-refractivity contribution in [3.8, 4) is 17.1 Å². The van der Waals surface area contributed by atoms with Gasteiger partial charge in [-0.25, -0.2) is 9.48 Å². The van der Waals surface area contributed by atoms with E-state index in [1.807, 2.05) is 56.1 Å². The molecule has 11 nitrogen and oxygen atoms in total. The Kier molecular flexibility index (Phi) is 8.51. The third kappa shape index (κ3) is 6.27. The quantitative estimate of drug-likeness (QED) is 0.360. The maximum Gasteiger partial charge on any atom is 0.410 e. The fraction of sp³-hybridized carbons (Fsp3) is 0.433. The van der Waals surface area contributed by atoms with E-state index < -0.39 is 5.60 Å². The number of hydrogen-bond donors (Lipinski definition) is 1. The summed E-state index contributed by atoms with van der Waals surface area (Å²) in [6.07, 6.45) is 3.35. The highest BCUT2D eigenvalue weighted by molar-refractivity contribution is 5.94. The molecule has 0 spiro atoms. The lowest BCUT2D eigenvalue weighted by Gasteiger charge is -2.33. The summed E-state index contributed by atoms with van der Waals surface area (Å²) >= 11 is 0. The van der Waals surface area contributed by atoms with E-state index in [-0.39, 0.29) is 24.4 Å². The van der Waals surface area contributed by atoms with Crippen LogP contribution in [0.2, 0.25) is 0 Å². The fourth-order valence-electron chi connectivity index (χ4n) is 5.41. The first-order valence-electron chi connectivity index (χ1n) is 14.1. The van der Waals surface area contributed by atoms with E-state index in [2.05, 4.69) is 38.7 Å². The zero-order valence-electron chi connectivity index (χ0n) is 24.1. The number of carbonyl (C=O) groups excluding carboxylic acids is 2. The molecule has 2 aliphatic heterocycles. The van der Waals surface area contributed by atoms with Gasteiger partial charge in [0.15, 0.2) is 0 Å². The molecule has 2 aliphatic rings. The summed E-state index contributed by atoms with van der Waals surface area (Å²) in [6, 6.07) is 13.7. The molecule has 0 radical (unpaired) electrons. The number of benzene rings is 2. The van der Waals surface area contributed by atoms with Crippen LogP contribution >= 0.6 is 12.4 Å². The summed E-state index contributed by atoms with van der Waals surface area (Å²) < 4.78 is 12.6. The normalized spacial score (nSPS) is 16.4. The maximum atomic E-state index is 12.8. The number of ether oxygens (including phenoxy) is 2. The molecule has 12 heteroatoms. The van der Waals surface area contributed by atoms with Crippen molar-refractivity contribution < 1.29 is 19.1 Å². The van der Waals surface area contributed by atoms with E-state index in [9.17, 15) is 9.59 Å². The highest BCUT2D eigenvalue weighted by Gasteiger charge is 2.28. The van der Waals surface area contributed by atoms with Gasteiger partial charge in [-0.2, -0.15) is 5.10 Å². The molecule has 222 valence electrons. The Bertz CT molecular complexity index is 1550. The number of carbonyl (C=O) groups is 2. The Hall–Kier alpha value is -3.96. The molecule has 2 fully saturated rings. The number of piperidine rings is 1. The van der Waals surface area contributed by atoms with Gasteiger partial charge < -0.3 is 19.3 Å². The van der Waals surface area contributed by atoms with Crippen molar-refractivity contribution in [2.24, 2.45) is 0 Å². The zero-order chi connectivity index (χ0) is 28.6. The largest absolute Gasteiger partial charge is 0.444 e. The molecule has 0 atom stereocenters. The number of rotatable bonds is 4. The summed E-state index contributed by atoms with van der Waals surface area (Å²) in [5.41, 5.74) is 4.48. The van der Waals surface area contributed by atoms with Gasteiger partial charge in [0.05, 0.1) is 30.6 Å². The van der Waals surface area contributed by atoms with E-state index in [1.54, 1.807) is 9.58 Å². The Morgan fingerprint density at radius 2 is 1.69 bits per heavy atom. The van der Waals surface area contributed by atoms with Crippen LogP contribution < -0.4 is 0 Å². The monoisotopic (exact) mass is 593 g/mol. The molecule has 2 saturated heterocycles. The first-order chi connectivity index (χ1) is 19.7. The zero-order valence-corrected chi connectivity index (χ0v) is 24.9. The van der Waals surface area contributed by atoms with Gasteiger partial charge in [0.1, 0.15) is 17.0 Å². The minimum absolute atomic E-state index is 0. The van der Waals surface area contributed by atoms with Crippen molar-refractivity contribution in [1.82, 2.24) is 35.0 Å². The molecule has 0 saturated carbocycles. The minimum Gasteiger partial charge on any atom is -0.444 e. The maximum absolute atomic E-state index is 12.8. The average Bonchev–Trinajstić information content (AvgIpc) is 3.64. The second-order valence-corrected chi connectivity index (χ2v) is 11.6. The first kappa shape index (κ1) is 29.5. The van der Waals surface area contributed by atoms with Crippen molar-refractivity contribution in [3.05, 3.63) is 59.8 Å². The number of fused-ring (bicyclic) bond motifs is 1. The van der Waals surface area contributed by atoms with E-state index in [0.717, 1.165) is 35.1 Å². The molecule has 2 aromatic heterocycles. The summed E-state index contributed by atoms with van der Waals surface area (Å²) in [6.45, 7) is 9.36. The first-order valence-corrected chi connectivity index (χ1v) is 14.1. The number of likely N-dealkylation sites (tertiary alicyclic amines) is 1. The molecule has 4 aromatic rings. The molecule has 0 bridgehead atoms. The number of H-pyrrole nitrogens is 1. The van der Waals surface area contributed by atoms with Gasteiger partial charge >= 0.3 is 6.09 Å². The second-order valence-electron chi connectivity index (χ2n) is 11.6. The van der Waals surface area contributed by atoms with Crippen LogP contribution in [0, 0.1) is 0 Å². The fourth-order valence-corrected chi connectivity index (χ4v) is 5.41. The van der Waals surface area contributed by atoms with Crippen molar-refractivity contribution in [2.45, 2.75) is 45.1 Å². The van der Waals surface area contributed by atoms with Crippen molar-refractivity contribution >= 4 is 35.3 Å². The summed E-state index contributed by atoms with van der Waals surface area (Å²) in [5.74, 6) is 0.351. The van der Waals surface area contributed by atoms with E-state index >= 15 is 0 Å². The summed E-state index contributed by atoms with van der Waals surface area (Å²) in [4.78, 5) is 28.9. The smallest absolute Gasteiger partial charge is 0.410 e. The average molecular weight is 594 g/mol. The van der Waals surface area contributed by atoms with Crippen molar-refractivity contribution in [1.29, 1.82) is 0 Å². The molecule has 0 unspecified atom stereocenters. The van der Waals surface area contributed by atoms with Crippen LogP contribution in [0.1, 0.15) is 55.5 Å². The molecule has 42 heavy (non-hydrogen) atoms. The third-order valence-electron chi connectivity index (χ3n) is 7.62. The van der Waals surface area contributed by atoms with Gasteiger partial charge in [0, 0.05) is 37.1 Å². The Morgan fingerprint density at radius 1 is 0.976 bits per heavy atom. The van der Waals surface area contributed by atoms with Crippen LogP contribution in [0.5, 0.6) is 0 Å². The third-order valence-corrected chi connectivity index (χ3v) is 7.62. The van der Waals surface area contributed by atoms with Crippen LogP contribution in [0.3, 0.4) is 0 Å². The van der Waals surface area contributed by atoms with E-state index in [1.165, 1.54) is 5.56 Å². The molecule has 1 N–H and O–H groups in total. The number of amides is 2. The second kappa shape index (κ2) is 12.1. The Morgan fingerprint density at radius 3 is 2.38 bits per heavy atom. The number of aromatic nitrogens is 5. The number of nitrogens with one attached hydrogen (secondary N) is 1. The number of morpholine rings is 1. The highest BCUT2D eigenvalue weighted by Crippen LogP contribution is 2.33. The van der Waals surface area contributed by atoms with Gasteiger partial charge in [0.25, 0.3) is 5.91 Å². The van der Waals surface area contributed by atoms with Gasteiger partial charge in [-0.15, -0.1) is 17.5 Å². The van der Waals surface area contributed by atoms with Crippen LogP contribution in [0.25, 0.3) is 28.0 Å². The Balaban J connectivity index is 0.00000353. The Labute approximate surface area is 250 Å². The SMILES string of the molecule is CC(C)(C)OC(=O)N1CCC(c2ccc3[nH]nc(-c4cn(-c5ccc(C(=O)N6CCOCC6)cc5)nn4)c3c2)CC1.Cl. The van der Waals surface area contributed by atoms with Crippen LogP contribution in [-0.2, 0) is 9.47 Å². The topological polar surface area (TPSA) is 118 Å². The van der Waals surface area contributed by atoms with E-state index in [0.29, 0.717) is 56.6 Å². The number of hydrogen-bond acceptors (Lipinski definition) is 7. The van der Waals surface area contributed by atoms with Gasteiger partial charge in [-0.1, -0.05) is 11.3 Å². The molecular formula is C30H36ClN7O4. The predicted octanol–water partition coefficient (Wildman–Crippen LogP) is 4.82. The van der Waals surface area contributed by atoms with Gasteiger partial charge in [-0.05, 0) is 81.5 Å². The summed E-state index contributed by atoms with van der Waals surface area (Å²) in [5, 5.41) is 17.4. The van der Waals surface area contributed by atoms with Crippen molar-refractivity contribution in [2.75, 3.05) is 39.4 Å². The number of nitrogens with zero attached hydrogens (tertiary/aromatic N) is 6. The van der Waals surface area contributed by atoms with Crippen LogP contribution in [0.4, 0.5) is 4.79 Å². The van der Waals surface area contributed by atoms with E-state index in [4.69, 9.17) is 9.47 Å². The van der Waals surface area contributed by atoms with Gasteiger partial charge in [0.2, 0.25) is 0 Å². The van der Waals surface area contributed by atoms with Crippen LogP contribution in [-0.4, -0.2) is 92.0 Å². The highest BCUT2D eigenvalue weighted by atomic mass is 35.5. The molecule has 2 aromatic carbocycles. The van der Waals surface area contributed by atoms with Crippen molar-refractivity contribution in [3.63, 3.8) is 0 Å². The molecule has 2 amide bonds. The molecule has 4 heterocycles. The van der Waals surface area contributed by atoms with Gasteiger partial charge in [-0.3, -0.25) is 9.89 Å². The summed E-state index contributed by atoms with van der Waals surface area (Å²) in [7, 11) is 0. The molecular weight excluding hydrogens is 558 g/mol. The number of aromatic amines is 1. The lowest BCUT2D eigenvalue weighted by Crippen LogP contribution is -2.41. The lowest BCUT2D eigenvalue weighted by atomic mass is 9.88.